The van der Waals surface area contributed by atoms with Crippen LogP contribution in [0.15, 0.2) is 96.6 Å². The Kier molecular flexibility index (Phi) is 4.10. The molecule has 34 heavy (non-hydrogen) atoms. The molecule has 0 fully saturated rings. The van der Waals surface area contributed by atoms with Crippen molar-refractivity contribution in [2.24, 2.45) is 0 Å². The molecule has 1 aliphatic carbocycles. The van der Waals surface area contributed by atoms with E-state index in [2.05, 4.69) is 114 Å². The predicted octanol–water partition coefficient (Wildman–Crippen LogP) is 8.18. The number of para-hydroxylation sites is 2. The lowest BCUT2D eigenvalue weighted by Gasteiger charge is -2.15. The minimum Gasteiger partial charge on any atom is -0.308 e. The molecule has 0 amide bonds. The molecule has 0 bridgehead atoms. The van der Waals surface area contributed by atoms with E-state index in [1.54, 1.807) is 0 Å². The van der Waals surface area contributed by atoms with Crippen LogP contribution in [0.2, 0.25) is 0 Å². The molecule has 7 rings (SSSR count). The smallest absolute Gasteiger partial charge is 0.146 e. The fourth-order valence-corrected chi connectivity index (χ4v) is 5.59. The Morgan fingerprint density at radius 2 is 1.47 bits per heavy atom. The van der Waals surface area contributed by atoms with Gasteiger partial charge in [0.1, 0.15) is 5.65 Å². The Balaban J connectivity index is 1.66. The third-order valence-electron chi connectivity index (χ3n) is 7.08. The van der Waals surface area contributed by atoms with Crippen LogP contribution in [0.3, 0.4) is 0 Å². The highest BCUT2D eigenvalue weighted by Crippen LogP contribution is 2.38. The van der Waals surface area contributed by atoms with E-state index >= 15 is 0 Å². The first-order valence-electron chi connectivity index (χ1n) is 12.0. The van der Waals surface area contributed by atoms with Crippen LogP contribution >= 0.6 is 0 Å². The van der Waals surface area contributed by atoms with Gasteiger partial charge in [-0.2, -0.15) is 0 Å². The van der Waals surface area contributed by atoms with Crippen molar-refractivity contribution >= 4 is 49.6 Å². The molecule has 3 heteroatoms. The van der Waals surface area contributed by atoms with Gasteiger partial charge in [-0.15, -0.1) is 0 Å². The molecule has 0 atom stereocenters. The molecule has 6 aromatic rings. The summed E-state index contributed by atoms with van der Waals surface area (Å²) in [5.41, 5.74) is 10.7. The van der Waals surface area contributed by atoms with E-state index in [-0.39, 0.29) is 0 Å². The summed E-state index contributed by atoms with van der Waals surface area (Å²) in [7, 11) is 0. The van der Waals surface area contributed by atoms with Crippen LogP contribution in [0.4, 0.5) is 0 Å². The van der Waals surface area contributed by atoms with Gasteiger partial charge in [0, 0.05) is 27.5 Å². The average molecular weight is 440 g/mol. The van der Waals surface area contributed by atoms with E-state index in [0.29, 0.717) is 0 Å². The van der Waals surface area contributed by atoms with Gasteiger partial charge >= 0.3 is 0 Å². The van der Waals surface area contributed by atoms with Crippen LogP contribution in [-0.2, 0) is 0 Å². The molecule has 0 radical (unpaired) electrons. The topological polar surface area (TPSA) is 22.8 Å². The Morgan fingerprint density at radius 1 is 0.706 bits per heavy atom. The second-order valence-electron chi connectivity index (χ2n) is 9.39. The normalized spacial score (nSPS) is 14.3. The second kappa shape index (κ2) is 7.19. The summed E-state index contributed by atoms with van der Waals surface area (Å²) in [6.45, 7) is 4.34. The molecule has 0 spiro atoms. The van der Waals surface area contributed by atoms with E-state index in [4.69, 9.17) is 4.98 Å². The summed E-state index contributed by atoms with van der Waals surface area (Å²) >= 11 is 0. The first-order valence-corrected chi connectivity index (χ1v) is 12.0. The van der Waals surface area contributed by atoms with E-state index < -0.39 is 0 Å². The summed E-state index contributed by atoms with van der Waals surface area (Å²) in [5, 5.41) is 3.64. The van der Waals surface area contributed by atoms with E-state index in [1.165, 1.54) is 49.7 Å². The quantitative estimate of drug-likeness (QED) is 0.267. The first kappa shape index (κ1) is 19.4. The van der Waals surface area contributed by atoms with Gasteiger partial charge in [-0.25, -0.2) is 4.98 Å². The Hall–Kier alpha value is -4.11. The summed E-state index contributed by atoms with van der Waals surface area (Å²) in [5.74, 6) is 0. The highest BCUT2D eigenvalue weighted by molar-refractivity contribution is 6.16. The number of nitrogens with zero attached hydrogens (tertiary/aromatic N) is 3. The van der Waals surface area contributed by atoms with Crippen LogP contribution in [0.5, 0.6) is 0 Å². The van der Waals surface area contributed by atoms with E-state index in [0.717, 1.165) is 29.5 Å². The molecule has 3 aromatic heterocycles. The molecular weight excluding hydrogens is 414 g/mol. The molecule has 0 saturated carbocycles. The molecular formula is C31H25N3. The van der Waals surface area contributed by atoms with Crippen molar-refractivity contribution in [1.82, 2.24) is 14.1 Å². The number of aryl methyl sites for hydroxylation is 1. The SMILES string of the molecule is CC1=CCCC(n2c3ccccc3c3cc4c(nc32)c2ccccc2n4-c2cccc(C)c2)=C1. The largest absolute Gasteiger partial charge is 0.308 e. The fraction of sp³-hybridized carbons (Fsp3) is 0.129. The molecule has 164 valence electrons. The van der Waals surface area contributed by atoms with Crippen molar-refractivity contribution in [1.29, 1.82) is 0 Å². The number of hydrogen-bond acceptors (Lipinski definition) is 1. The zero-order valence-electron chi connectivity index (χ0n) is 19.4. The molecule has 0 saturated heterocycles. The summed E-state index contributed by atoms with van der Waals surface area (Å²) in [6.07, 6.45) is 6.73. The van der Waals surface area contributed by atoms with Crippen molar-refractivity contribution in [3.63, 3.8) is 0 Å². The fourth-order valence-electron chi connectivity index (χ4n) is 5.59. The summed E-state index contributed by atoms with van der Waals surface area (Å²) < 4.78 is 4.75. The number of rotatable bonds is 2. The number of allylic oxidation sites excluding steroid dienone is 4. The Bertz CT molecular complexity index is 1820. The van der Waals surface area contributed by atoms with Gasteiger partial charge in [0.2, 0.25) is 0 Å². The van der Waals surface area contributed by atoms with Gasteiger partial charge in [0.25, 0.3) is 0 Å². The molecule has 0 N–H and O–H groups in total. The molecule has 3 aromatic carbocycles. The number of benzene rings is 3. The third kappa shape index (κ3) is 2.73. The zero-order chi connectivity index (χ0) is 22.8. The highest BCUT2D eigenvalue weighted by atomic mass is 15.1. The maximum absolute atomic E-state index is 5.39. The lowest BCUT2D eigenvalue weighted by Crippen LogP contribution is -2.01. The van der Waals surface area contributed by atoms with E-state index in [9.17, 15) is 0 Å². The Labute approximate surface area is 198 Å². The van der Waals surface area contributed by atoms with Crippen LogP contribution in [0, 0.1) is 6.92 Å². The average Bonchev–Trinajstić information content (AvgIpc) is 3.35. The lowest BCUT2D eigenvalue weighted by molar-refractivity contribution is 0.960. The predicted molar refractivity (Wildman–Crippen MR) is 144 cm³/mol. The van der Waals surface area contributed by atoms with Crippen molar-refractivity contribution in [3.8, 4) is 5.69 Å². The number of pyridine rings is 1. The van der Waals surface area contributed by atoms with Crippen LogP contribution < -0.4 is 0 Å². The molecule has 1 aliphatic rings. The van der Waals surface area contributed by atoms with Gasteiger partial charge in [-0.1, -0.05) is 60.2 Å². The number of hydrogen-bond donors (Lipinski definition) is 0. The third-order valence-corrected chi connectivity index (χ3v) is 7.08. The number of fused-ring (bicyclic) bond motifs is 6. The minimum atomic E-state index is 1.02. The Morgan fingerprint density at radius 3 is 2.26 bits per heavy atom. The minimum absolute atomic E-state index is 1.02. The van der Waals surface area contributed by atoms with Gasteiger partial charge in [-0.3, -0.25) is 4.57 Å². The highest BCUT2D eigenvalue weighted by Gasteiger charge is 2.20. The van der Waals surface area contributed by atoms with Crippen molar-refractivity contribution < 1.29 is 0 Å². The van der Waals surface area contributed by atoms with Crippen molar-refractivity contribution in [2.45, 2.75) is 26.7 Å². The van der Waals surface area contributed by atoms with E-state index in [1.807, 2.05) is 0 Å². The zero-order valence-corrected chi connectivity index (χ0v) is 19.4. The standard InChI is InChI=1S/C31H25N3/c1-20-9-7-11-22(17-20)33-28-16-6-4-14-25(28)30-29(33)19-26-24-13-3-5-15-27(24)34(31(26)32-30)23-12-8-10-21(2)18-23/h3-7,9-11,13-19H,8,12H2,1-2H3. The number of aromatic nitrogens is 3. The summed E-state index contributed by atoms with van der Waals surface area (Å²) in [4.78, 5) is 5.39. The van der Waals surface area contributed by atoms with Crippen molar-refractivity contribution in [2.75, 3.05) is 0 Å². The molecule has 0 aliphatic heterocycles. The maximum Gasteiger partial charge on any atom is 0.146 e. The van der Waals surface area contributed by atoms with Crippen LogP contribution in [0.25, 0.3) is 55.3 Å². The summed E-state index contributed by atoms with van der Waals surface area (Å²) in [6, 6.07) is 28.4. The van der Waals surface area contributed by atoms with Crippen LogP contribution in [-0.4, -0.2) is 14.1 Å². The first-order chi connectivity index (χ1) is 16.7. The van der Waals surface area contributed by atoms with Crippen LogP contribution in [0.1, 0.15) is 25.3 Å². The second-order valence-corrected chi connectivity index (χ2v) is 9.39. The lowest BCUT2D eigenvalue weighted by atomic mass is 10.1. The van der Waals surface area contributed by atoms with Gasteiger partial charge in [-0.05, 0) is 68.7 Å². The van der Waals surface area contributed by atoms with Crippen molar-refractivity contribution in [3.05, 3.63) is 102 Å². The molecule has 0 unspecified atom stereocenters. The maximum atomic E-state index is 5.39. The van der Waals surface area contributed by atoms with Gasteiger partial charge in [0.05, 0.1) is 22.1 Å². The molecule has 3 heterocycles. The monoisotopic (exact) mass is 439 g/mol. The van der Waals surface area contributed by atoms with Gasteiger partial charge in [0.15, 0.2) is 0 Å². The molecule has 3 nitrogen and oxygen atoms in total. The van der Waals surface area contributed by atoms with Gasteiger partial charge < -0.3 is 4.57 Å².